The van der Waals surface area contributed by atoms with Crippen LogP contribution in [0.25, 0.3) is 5.69 Å². The summed E-state index contributed by atoms with van der Waals surface area (Å²) < 4.78 is 3.94. The van der Waals surface area contributed by atoms with Gasteiger partial charge in [-0.2, -0.15) is 5.10 Å². The second-order valence-corrected chi connectivity index (χ2v) is 7.19. The number of aryl methyl sites for hydroxylation is 1. The van der Waals surface area contributed by atoms with Gasteiger partial charge in [0.05, 0.1) is 18.2 Å². The molecule has 3 aromatic rings. The summed E-state index contributed by atoms with van der Waals surface area (Å²) in [4.78, 5) is 19.7. The summed E-state index contributed by atoms with van der Waals surface area (Å²) in [7, 11) is 0. The first-order valence-electron chi connectivity index (χ1n) is 9.86. The lowest BCUT2D eigenvalue weighted by Crippen LogP contribution is -2.40. The van der Waals surface area contributed by atoms with E-state index in [4.69, 9.17) is 0 Å². The van der Waals surface area contributed by atoms with Gasteiger partial charge in [0.15, 0.2) is 0 Å². The summed E-state index contributed by atoms with van der Waals surface area (Å²) in [5.41, 5.74) is 1.73. The minimum absolute atomic E-state index is 0.00727. The highest BCUT2D eigenvalue weighted by molar-refractivity contribution is 5.93. The fourth-order valence-corrected chi connectivity index (χ4v) is 3.78. The molecule has 7 heteroatoms. The highest BCUT2D eigenvalue weighted by atomic mass is 16.1. The Balaban J connectivity index is 1.39. The fraction of sp³-hybridized carbons (Fsp3) is 0.381. The van der Waals surface area contributed by atoms with Crippen LogP contribution in [0.2, 0.25) is 0 Å². The molecule has 1 amide bonds. The molecule has 1 atom stereocenters. The number of carbonyl (C=O) groups is 1. The second kappa shape index (κ2) is 8.39. The van der Waals surface area contributed by atoms with E-state index in [1.165, 1.54) is 0 Å². The van der Waals surface area contributed by atoms with Crippen molar-refractivity contribution in [3.05, 3.63) is 60.9 Å². The van der Waals surface area contributed by atoms with Crippen molar-refractivity contribution in [3.8, 4) is 5.69 Å². The topological polar surface area (TPSA) is 68.0 Å². The standard InChI is InChI=1S/C21H26N6O/c1-2-26-13-10-22-20(26)16-25-11-4-6-17(15-25)21(28)24-18-7-3-8-19(14-18)27-12-5-9-23-27/h3,5,7-10,12-14,17H,2,4,6,11,15-16H2,1H3,(H,24,28)/t17-/m1/s1. The van der Waals surface area contributed by atoms with Crippen molar-refractivity contribution in [2.45, 2.75) is 32.9 Å². The molecular weight excluding hydrogens is 352 g/mol. The van der Waals surface area contributed by atoms with Crippen LogP contribution in [-0.4, -0.2) is 43.2 Å². The van der Waals surface area contributed by atoms with E-state index in [1.807, 2.05) is 48.9 Å². The van der Waals surface area contributed by atoms with Crippen LogP contribution in [0.4, 0.5) is 5.69 Å². The van der Waals surface area contributed by atoms with Crippen molar-refractivity contribution < 1.29 is 4.79 Å². The van der Waals surface area contributed by atoms with E-state index in [1.54, 1.807) is 10.9 Å². The maximum atomic E-state index is 12.9. The van der Waals surface area contributed by atoms with E-state index in [0.29, 0.717) is 0 Å². The number of benzene rings is 1. The fourth-order valence-electron chi connectivity index (χ4n) is 3.78. The number of hydrogen-bond donors (Lipinski definition) is 1. The molecule has 3 heterocycles. The number of piperidine rings is 1. The minimum Gasteiger partial charge on any atom is -0.334 e. The number of nitrogens with zero attached hydrogens (tertiary/aromatic N) is 5. The first-order chi connectivity index (χ1) is 13.7. The number of carbonyl (C=O) groups excluding carboxylic acids is 1. The third kappa shape index (κ3) is 4.14. The smallest absolute Gasteiger partial charge is 0.228 e. The maximum Gasteiger partial charge on any atom is 0.228 e. The Morgan fingerprint density at radius 3 is 3.00 bits per heavy atom. The van der Waals surface area contributed by atoms with Gasteiger partial charge in [-0.25, -0.2) is 9.67 Å². The number of anilines is 1. The van der Waals surface area contributed by atoms with Gasteiger partial charge in [0.2, 0.25) is 5.91 Å². The lowest BCUT2D eigenvalue weighted by molar-refractivity contribution is -0.121. The van der Waals surface area contributed by atoms with E-state index in [2.05, 4.69) is 31.8 Å². The van der Waals surface area contributed by atoms with Crippen LogP contribution < -0.4 is 5.32 Å². The molecule has 0 saturated carbocycles. The Bertz CT molecular complexity index is 917. The predicted octanol–water partition coefficient (Wildman–Crippen LogP) is 2.94. The van der Waals surface area contributed by atoms with Crippen LogP contribution in [0, 0.1) is 5.92 Å². The highest BCUT2D eigenvalue weighted by Gasteiger charge is 2.26. The quantitative estimate of drug-likeness (QED) is 0.716. The van der Waals surface area contributed by atoms with Crippen molar-refractivity contribution in [1.29, 1.82) is 0 Å². The summed E-state index contributed by atoms with van der Waals surface area (Å²) in [6.45, 7) is 5.60. The van der Waals surface area contributed by atoms with Crippen molar-refractivity contribution >= 4 is 11.6 Å². The molecule has 0 bridgehead atoms. The molecule has 1 aliphatic heterocycles. The first-order valence-corrected chi connectivity index (χ1v) is 9.86. The number of rotatable bonds is 6. The van der Waals surface area contributed by atoms with Gasteiger partial charge in [0.1, 0.15) is 5.82 Å². The molecule has 146 valence electrons. The molecule has 0 radical (unpaired) electrons. The SMILES string of the molecule is CCn1ccnc1CN1CCC[C@@H](C(=O)Nc2cccc(-n3cccn3)c2)C1. The van der Waals surface area contributed by atoms with Crippen LogP contribution in [-0.2, 0) is 17.9 Å². The molecule has 0 spiro atoms. The number of nitrogens with one attached hydrogen (secondary N) is 1. The summed E-state index contributed by atoms with van der Waals surface area (Å²) in [5, 5.41) is 7.33. The molecule has 1 aliphatic rings. The zero-order valence-corrected chi connectivity index (χ0v) is 16.2. The highest BCUT2D eigenvalue weighted by Crippen LogP contribution is 2.21. The van der Waals surface area contributed by atoms with Gasteiger partial charge in [-0.1, -0.05) is 6.07 Å². The number of hydrogen-bond acceptors (Lipinski definition) is 4. The molecule has 1 fully saturated rings. The van der Waals surface area contributed by atoms with E-state index < -0.39 is 0 Å². The van der Waals surface area contributed by atoms with E-state index in [9.17, 15) is 4.79 Å². The molecule has 0 unspecified atom stereocenters. The number of amides is 1. The zero-order chi connectivity index (χ0) is 19.3. The Labute approximate surface area is 165 Å². The Morgan fingerprint density at radius 1 is 1.25 bits per heavy atom. The van der Waals surface area contributed by atoms with Gasteiger partial charge < -0.3 is 9.88 Å². The number of aromatic nitrogens is 4. The monoisotopic (exact) mass is 378 g/mol. The molecule has 1 aromatic carbocycles. The van der Waals surface area contributed by atoms with Crippen LogP contribution in [0.1, 0.15) is 25.6 Å². The number of imidazole rings is 1. The molecule has 7 nitrogen and oxygen atoms in total. The van der Waals surface area contributed by atoms with Gasteiger partial charge in [0, 0.05) is 43.6 Å². The molecule has 2 aromatic heterocycles. The molecular formula is C21H26N6O. The molecule has 1 saturated heterocycles. The molecule has 4 rings (SSSR count). The van der Waals surface area contributed by atoms with Gasteiger partial charge in [0.25, 0.3) is 0 Å². The zero-order valence-electron chi connectivity index (χ0n) is 16.2. The Kier molecular flexibility index (Phi) is 5.53. The van der Waals surface area contributed by atoms with Crippen LogP contribution in [0.5, 0.6) is 0 Å². The van der Waals surface area contributed by atoms with Crippen molar-refractivity contribution in [2.75, 3.05) is 18.4 Å². The van der Waals surface area contributed by atoms with Crippen molar-refractivity contribution in [1.82, 2.24) is 24.2 Å². The largest absolute Gasteiger partial charge is 0.334 e. The van der Waals surface area contributed by atoms with Crippen molar-refractivity contribution in [2.24, 2.45) is 5.92 Å². The van der Waals surface area contributed by atoms with E-state index in [-0.39, 0.29) is 11.8 Å². The number of likely N-dealkylation sites (tertiary alicyclic amines) is 1. The molecule has 1 N–H and O–H groups in total. The van der Waals surface area contributed by atoms with Gasteiger partial charge in [-0.3, -0.25) is 9.69 Å². The van der Waals surface area contributed by atoms with Gasteiger partial charge in [-0.15, -0.1) is 0 Å². The summed E-state index contributed by atoms with van der Waals surface area (Å²) in [6.07, 6.45) is 9.43. The van der Waals surface area contributed by atoms with E-state index >= 15 is 0 Å². The van der Waals surface area contributed by atoms with Gasteiger partial charge >= 0.3 is 0 Å². The predicted molar refractivity (Wildman–Crippen MR) is 108 cm³/mol. The lowest BCUT2D eigenvalue weighted by atomic mass is 9.97. The molecule has 0 aliphatic carbocycles. The van der Waals surface area contributed by atoms with Crippen LogP contribution in [0.3, 0.4) is 0 Å². The van der Waals surface area contributed by atoms with Crippen LogP contribution in [0.15, 0.2) is 55.1 Å². The summed E-state index contributed by atoms with van der Waals surface area (Å²) in [6, 6.07) is 9.66. The van der Waals surface area contributed by atoms with Crippen molar-refractivity contribution in [3.63, 3.8) is 0 Å². The normalized spacial score (nSPS) is 17.5. The Morgan fingerprint density at radius 2 is 2.18 bits per heavy atom. The van der Waals surface area contributed by atoms with E-state index in [0.717, 1.165) is 56.2 Å². The minimum atomic E-state index is -0.00727. The second-order valence-electron chi connectivity index (χ2n) is 7.19. The van der Waals surface area contributed by atoms with Gasteiger partial charge in [-0.05, 0) is 50.6 Å². The third-order valence-electron chi connectivity index (χ3n) is 5.27. The summed E-state index contributed by atoms with van der Waals surface area (Å²) >= 11 is 0. The average Bonchev–Trinajstić information content (AvgIpc) is 3.40. The maximum absolute atomic E-state index is 12.9. The summed E-state index contributed by atoms with van der Waals surface area (Å²) in [5.74, 6) is 1.14. The Hall–Kier alpha value is -2.93. The average molecular weight is 378 g/mol. The third-order valence-corrected chi connectivity index (χ3v) is 5.27. The van der Waals surface area contributed by atoms with Crippen LogP contribution >= 0.6 is 0 Å². The molecule has 28 heavy (non-hydrogen) atoms. The first kappa shape index (κ1) is 18.4. The lowest BCUT2D eigenvalue weighted by Gasteiger charge is -2.31.